The van der Waals surface area contributed by atoms with Gasteiger partial charge in [-0.1, -0.05) is 6.07 Å². The Kier molecular flexibility index (Phi) is 5.06. The normalized spacial score (nSPS) is 13.9. The molecule has 0 amide bonds. The van der Waals surface area contributed by atoms with Crippen molar-refractivity contribution in [2.75, 3.05) is 20.8 Å². The number of pyridine rings is 1. The standard InChI is InChI=1S/C23H22N4O2S/c1-28-18-6-5-15-10-16(23(29-2)26-20(15)11-18)13-27-8-7-19-17(14-27)12-24-22(25-19)21-4-3-9-30-21/h3-6,9-12H,7-8,13-14H2,1-2H3. The lowest BCUT2D eigenvalue weighted by Crippen LogP contribution is -2.31. The molecule has 1 aliphatic heterocycles. The molecule has 5 rings (SSSR count). The summed E-state index contributed by atoms with van der Waals surface area (Å²) in [5.74, 6) is 2.28. The number of methoxy groups -OCH3 is 2. The molecule has 0 spiro atoms. The fourth-order valence-corrected chi connectivity index (χ4v) is 4.53. The molecule has 0 radical (unpaired) electrons. The van der Waals surface area contributed by atoms with Gasteiger partial charge in [0.1, 0.15) is 5.75 Å². The van der Waals surface area contributed by atoms with Crippen LogP contribution in [0.15, 0.2) is 48.0 Å². The molecule has 152 valence electrons. The number of nitrogens with zero attached hydrogens (tertiary/aromatic N) is 4. The molecule has 3 aromatic heterocycles. The van der Waals surface area contributed by atoms with Crippen LogP contribution in [0.1, 0.15) is 16.8 Å². The Morgan fingerprint density at radius 2 is 2.03 bits per heavy atom. The Labute approximate surface area is 179 Å². The van der Waals surface area contributed by atoms with E-state index in [0.29, 0.717) is 5.88 Å². The number of hydrogen-bond acceptors (Lipinski definition) is 7. The molecule has 0 fully saturated rings. The molecule has 0 unspecified atom stereocenters. The molecule has 6 nitrogen and oxygen atoms in total. The van der Waals surface area contributed by atoms with Crippen LogP contribution in [0.5, 0.6) is 11.6 Å². The highest BCUT2D eigenvalue weighted by atomic mass is 32.1. The van der Waals surface area contributed by atoms with Gasteiger partial charge in [-0.25, -0.2) is 15.0 Å². The molecule has 7 heteroatoms. The third-order valence-electron chi connectivity index (χ3n) is 5.41. The molecule has 1 aromatic carbocycles. The highest BCUT2D eigenvalue weighted by Gasteiger charge is 2.21. The number of rotatable bonds is 5. The molecule has 0 atom stereocenters. The van der Waals surface area contributed by atoms with Gasteiger partial charge in [0.25, 0.3) is 0 Å². The summed E-state index contributed by atoms with van der Waals surface area (Å²) < 4.78 is 10.9. The van der Waals surface area contributed by atoms with Crippen molar-refractivity contribution in [3.63, 3.8) is 0 Å². The maximum absolute atomic E-state index is 5.59. The van der Waals surface area contributed by atoms with Gasteiger partial charge in [-0.05, 0) is 29.6 Å². The number of benzene rings is 1. The minimum absolute atomic E-state index is 0.658. The maximum Gasteiger partial charge on any atom is 0.218 e. The van der Waals surface area contributed by atoms with Crippen molar-refractivity contribution in [3.05, 3.63) is 64.8 Å². The van der Waals surface area contributed by atoms with Crippen LogP contribution >= 0.6 is 11.3 Å². The number of fused-ring (bicyclic) bond motifs is 2. The first kappa shape index (κ1) is 19.0. The summed E-state index contributed by atoms with van der Waals surface area (Å²) in [4.78, 5) is 17.6. The highest BCUT2D eigenvalue weighted by molar-refractivity contribution is 7.13. The van der Waals surface area contributed by atoms with E-state index < -0.39 is 0 Å². The SMILES string of the molecule is COc1ccc2cc(CN3CCc4nc(-c5cccs5)ncc4C3)c(OC)nc2c1. The van der Waals surface area contributed by atoms with Crippen LogP contribution in [0.4, 0.5) is 0 Å². The minimum atomic E-state index is 0.658. The van der Waals surface area contributed by atoms with E-state index in [1.165, 1.54) is 5.56 Å². The zero-order chi connectivity index (χ0) is 20.5. The van der Waals surface area contributed by atoms with Crippen molar-refractivity contribution in [1.29, 1.82) is 0 Å². The summed E-state index contributed by atoms with van der Waals surface area (Å²) >= 11 is 1.67. The summed E-state index contributed by atoms with van der Waals surface area (Å²) in [6.45, 7) is 2.53. The van der Waals surface area contributed by atoms with Crippen molar-refractivity contribution in [2.24, 2.45) is 0 Å². The number of ether oxygens (including phenoxy) is 2. The van der Waals surface area contributed by atoms with Gasteiger partial charge in [-0.2, -0.15) is 0 Å². The van der Waals surface area contributed by atoms with Crippen molar-refractivity contribution < 1.29 is 9.47 Å². The monoisotopic (exact) mass is 418 g/mol. The predicted octanol–water partition coefficient (Wildman–Crippen LogP) is 4.33. The van der Waals surface area contributed by atoms with Crippen molar-refractivity contribution in [3.8, 4) is 22.3 Å². The zero-order valence-electron chi connectivity index (χ0n) is 17.0. The molecule has 0 saturated heterocycles. The molecule has 0 saturated carbocycles. The van der Waals surface area contributed by atoms with Gasteiger partial charge in [0, 0.05) is 54.8 Å². The molecule has 0 aliphatic carbocycles. The number of aromatic nitrogens is 3. The molecule has 0 N–H and O–H groups in total. The molecule has 0 bridgehead atoms. The van der Waals surface area contributed by atoms with Crippen LogP contribution in [0.3, 0.4) is 0 Å². The second-order valence-electron chi connectivity index (χ2n) is 7.32. The van der Waals surface area contributed by atoms with Crippen LogP contribution in [0.25, 0.3) is 21.6 Å². The first-order valence-corrected chi connectivity index (χ1v) is 10.7. The zero-order valence-corrected chi connectivity index (χ0v) is 17.8. The lowest BCUT2D eigenvalue weighted by molar-refractivity contribution is 0.238. The Hall–Kier alpha value is -3.03. The predicted molar refractivity (Wildman–Crippen MR) is 118 cm³/mol. The topological polar surface area (TPSA) is 60.4 Å². The van der Waals surface area contributed by atoms with E-state index in [2.05, 4.69) is 27.4 Å². The van der Waals surface area contributed by atoms with E-state index >= 15 is 0 Å². The molecule has 30 heavy (non-hydrogen) atoms. The number of hydrogen-bond donors (Lipinski definition) is 0. The highest BCUT2D eigenvalue weighted by Crippen LogP contribution is 2.29. The van der Waals surface area contributed by atoms with Gasteiger partial charge in [0.15, 0.2) is 5.82 Å². The first-order valence-electron chi connectivity index (χ1n) is 9.86. The van der Waals surface area contributed by atoms with E-state index in [1.807, 2.05) is 30.5 Å². The van der Waals surface area contributed by atoms with E-state index in [1.54, 1.807) is 25.6 Å². The van der Waals surface area contributed by atoms with Crippen LogP contribution in [-0.4, -0.2) is 40.6 Å². The number of thiophene rings is 1. The summed E-state index contributed by atoms with van der Waals surface area (Å²) in [6.07, 6.45) is 2.89. The molecular formula is C23H22N4O2S. The van der Waals surface area contributed by atoms with Gasteiger partial charge in [-0.3, -0.25) is 4.90 Å². The second-order valence-corrected chi connectivity index (χ2v) is 8.27. The van der Waals surface area contributed by atoms with Crippen LogP contribution in [0, 0.1) is 0 Å². The summed E-state index contributed by atoms with van der Waals surface area (Å²) in [6, 6.07) is 12.2. The van der Waals surface area contributed by atoms with Crippen LogP contribution in [0.2, 0.25) is 0 Å². The molecular weight excluding hydrogens is 396 g/mol. The maximum atomic E-state index is 5.59. The van der Waals surface area contributed by atoms with Crippen LogP contribution in [-0.2, 0) is 19.5 Å². The smallest absolute Gasteiger partial charge is 0.218 e. The van der Waals surface area contributed by atoms with E-state index in [-0.39, 0.29) is 0 Å². The van der Waals surface area contributed by atoms with Gasteiger partial charge < -0.3 is 9.47 Å². The average molecular weight is 419 g/mol. The lowest BCUT2D eigenvalue weighted by Gasteiger charge is -2.28. The van der Waals surface area contributed by atoms with Gasteiger partial charge in [0.05, 0.1) is 30.3 Å². The fourth-order valence-electron chi connectivity index (χ4n) is 3.86. The van der Waals surface area contributed by atoms with Crippen molar-refractivity contribution >= 4 is 22.2 Å². The summed E-state index contributed by atoms with van der Waals surface area (Å²) in [5.41, 5.74) is 4.29. The summed E-state index contributed by atoms with van der Waals surface area (Å²) in [5, 5.41) is 3.13. The van der Waals surface area contributed by atoms with Gasteiger partial charge >= 0.3 is 0 Å². The quantitative estimate of drug-likeness (QED) is 0.481. The van der Waals surface area contributed by atoms with E-state index in [0.717, 1.165) is 64.7 Å². The van der Waals surface area contributed by atoms with Gasteiger partial charge in [-0.15, -0.1) is 11.3 Å². The summed E-state index contributed by atoms with van der Waals surface area (Å²) in [7, 11) is 3.33. The fraction of sp³-hybridized carbons (Fsp3) is 0.261. The Morgan fingerprint density at radius 3 is 2.83 bits per heavy atom. The van der Waals surface area contributed by atoms with Crippen LogP contribution < -0.4 is 9.47 Å². The lowest BCUT2D eigenvalue weighted by atomic mass is 10.1. The third kappa shape index (κ3) is 3.62. The Bertz CT molecular complexity index is 1190. The second kappa shape index (κ2) is 8.01. The van der Waals surface area contributed by atoms with Gasteiger partial charge in [0.2, 0.25) is 5.88 Å². The molecule has 4 aromatic rings. The van der Waals surface area contributed by atoms with Crippen molar-refractivity contribution in [2.45, 2.75) is 19.5 Å². The Balaban J connectivity index is 1.38. The minimum Gasteiger partial charge on any atom is -0.497 e. The third-order valence-corrected chi connectivity index (χ3v) is 6.27. The van der Waals surface area contributed by atoms with Crippen molar-refractivity contribution in [1.82, 2.24) is 19.9 Å². The largest absolute Gasteiger partial charge is 0.497 e. The first-order chi connectivity index (χ1) is 14.7. The molecule has 4 heterocycles. The Morgan fingerprint density at radius 1 is 1.10 bits per heavy atom. The molecule has 1 aliphatic rings. The van der Waals surface area contributed by atoms with E-state index in [9.17, 15) is 0 Å². The van der Waals surface area contributed by atoms with E-state index in [4.69, 9.17) is 19.4 Å². The average Bonchev–Trinajstić information content (AvgIpc) is 3.33.